The Labute approximate surface area is 146 Å². The summed E-state index contributed by atoms with van der Waals surface area (Å²) in [5.41, 5.74) is 5.65. The molecule has 1 amide bonds. The second kappa shape index (κ2) is 7.68. The van der Waals surface area contributed by atoms with Crippen LogP contribution >= 0.6 is 0 Å². The molecule has 2 atom stereocenters. The predicted molar refractivity (Wildman–Crippen MR) is 94.9 cm³/mol. The van der Waals surface area contributed by atoms with Gasteiger partial charge in [-0.2, -0.15) is 0 Å². The van der Waals surface area contributed by atoms with Gasteiger partial charge >= 0.3 is 0 Å². The van der Waals surface area contributed by atoms with Crippen LogP contribution in [0, 0.1) is 0 Å². The number of hydrogen-bond acceptors (Lipinski definition) is 5. The van der Waals surface area contributed by atoms with Gasteiger partial charge in [-0.05, 0) is 39.5 Å². The lowest BCUT2D eigenvalue weighted by molar-refractivity contribution is -0.142. The molecule has 0 aromatic rings. The number of piperazine rings is 1. The third kappa shape index (κ3) is 3.93. The second-order valence-corrected chi connectivity index (χ2v) is 7.92. The molecule has 138 valence electrons. The Hall–Kier alpha value is -0.690. The molecule has 2 N–H and O–H groups in total. The average Bonchev–Trinajstić information content (AvgIpc) is 2.92. The van der Waals surface area contributed by atoms with Crippen molar-refractivity contribution in [3.63, 3.8) is 0 Å². The van der Waals surface area contributed by atoms with Crippen molar-refractivity contribution in [2.24, 2.45) is 5.73 Å². The van der Waals surface area contributed by atoms with Crippen molar-refractivity contribution in [3.05, 3.63) is 0 Å². The van der Waals surface area contributed by atoms with Crippen LogP contribution in [0.1, 0.15) is 39.5 Å². The van der Waals surface area contributed by atoms with Gasteiger partial charge in [-0.3, -0.25) is 14.6 Å². The first-order chi connectivity index (χ1) is 11.5. The van der Waals surface area contributed by atoms with Gasteiger partial charge in [-0.25, -0.2) is 0 Å². The van der Waals surface area contributed by atoms with E-state index >= 15 is 0 Å². The monoisotopic (exact) mass is 338 g/mol. The summed E-state index contributed by atoms with van der Waals surface area (Å²) in [5.74, 6) is 0.132. The molecule has 6 nitrogen and oxygen atoms in total. The highest BCUT2D eigenvalue weighted by Gasteiger charge is 2.39. The minimum atomic E-state index is -0.694. The molecule has 0 aliphatic carbocycles. The summed E-state index contributed by atoms with van der Waals surface area (Å²) in [6.45, 7) is 11.7. The van der Waals surface area contributed by atoms with Gasteiger partial charge in [0, 0.05) is 64.6 Å². The van der Waals surface area contributed by atoms with Crippen LogP contribution in [0.2, 0.25) is 0 Å². The number of carbonyl (C=O) groups is 1. The smallest absolute Gasteiger partial charge is 0.242 e. The Morgan fingerprint density at radius 2 is 1.62 bits per heavy atom. The van der Waals surface area contributed by atoms with Crippen molar-refractivity contribution >= 4 is 5.91 Å². The number of carbonyl (C=O) groups excluding carboxylic acids is 1. The first-order valence-corrected chi connectivity index (χ1v) is 9.64. The molecule has 3 aliphatic heterocycles. The SMILES string of the molecule is CC1CCC(C)N1CCN1CCN(C(=O)C2(N)CCOCC2)CC1. The highest BCUT2D eigenvalue weighted by molar-refractivity contribution is 5.86. The third-order valence-electron chi connectivity index (χ3n) is 6.28. The van der Waals surface area contributed by atoms with Crippen molar-refractivity contribution < 1.29 is 9.53 Å². The van der Waals surface area contributed by atoms with Crippen molar-refractivity contribution in [2.75, 3.05) is 52.5 Å². The standard InChI is InChI=1S/C18H34N4O2/c1-15-3-4-16(2)22(15)12-9-20-7-10-21(11-8-20)17(23)18(19)5-13-24-14-6-18/h15-16H,3-14,19H2,1-2H3. The Kier molecular flexibility index (Phi) is 5.80. The molecular formula is C18H34N4O2. The third-order valence-corrected chi connectivity index (χ3v) is 6.28. The van der Waals surface area contributed by atoms with E-state index < -0.39 is 5.54 Å². The maximum absolute atomic E-state index is 12.8. The lowest BCUT2D eigenvalue weighted by Gasteiger charge is -2.41. The molecule has 0 radical (unpaired) electrons. The van der Waals surface area contributed by atoms with Crippen LogP contribution in [0.5, 0.6) is 0 Å². The van der Waals surface area contributed by atoms with Gasteiger partial charge in [0.25, 0.3) is 0 Å². The quantitative estimate of drug-likeness (QED) is 0.809. The van der Waals surface area contributed by atoms with Crippen LogP contribution in [0.25, 0.3) is 0 Å². The summed E-state index contributed by atoms with van der Waals surface area (Å²) in [6.07, 6.45) is 3.95. The van der Waals surface area contributed by atoms with E-state index in [1.54, 1.807) is 0 Å². The lowest BCUT2D eigenvalue weighted by Crippen LogP contribution is -2.61. The zero-order valence-electron chi connectivity index (χ0n) is 15.4. The van der Waals surface area contributed by atoms with Crippen molar-refractivity contribution in [3.8, 4) is 0 Å². The van der Waals surface area contributed by atoms with Gasteiger partial charge in [0.05, 0.1) is 5.54 Å². The summed E-state index contributed by atoms with van der Waals surface area (Å²) in [4.78, 5) is 19.9. The Balaban J connectivity index is 1.43. The van der Waals surface area contributed by atoms with Crippen molar-refractivity contribution in [1.29, 1.82) is 0 Å². The maximum Gasteiger partial charge on any atom is 0.242 e. The van der Waals surface area contributed by atoms with Crippen LogP contribution in [0.15, 0.2) is 0 Å². The van der Waals surface area contributed by atoms with Crippen LogP contribution in [-0.4, -0.2) is 90.7 Å². The first kappa shape index (κ1) is 18.1. The molecule has 0 spiro atoms. The Bertz CT molecular complexity index is 421. The van der Waals surface area contributed by atoms with E-state index in [0.717, 1.165) is 39.3 Å². The molecule has 3 fully saturated rings. The largest absolute Gasteiger partial charge is 0.381 e. The molecule has 24 heavy (non-hydrogen) atoms. The molecule has 2 unspecified atom stereocenters. The van der Waals surface area contributed by atoms with E-state index in [1.165, 1.54) is 12.8 Å². The number of rotatable bonds is 4. The van der Waals surface area contributed by atoms with Crippen molar-refractivity contribution in [1.82, 2.24) is 14.7 Å². The van der Waals surface area contributed by atoms with Gasteiger partial charge < -0.3 is 15.4 Å². The number of hydrogen-bond donors (Lipinski definition) is 1. The van der Waals surface area contributed by atoms with Crippen LogP contribution in [0.3, 0.4) is 0 Å². The normalized spacial score (nSPS) is 32.2. The fraction of sp³-hybridized carbons (Fsp3) is 0.944. The molecule has 3 aliphatic rings. The number of nitrogens with two attached hydrogens (primary N) is 1. The molecule has 6 heteroatoms. The van der Waals surface area contributed by atoms with Gasteiger partial charge in [0.1, 0.15) is 0 Å². The predicted octanol–water partition coefficient (Wildman–Crippen LogP) is 0.511. The molecule has 3 heterocycles. The van der Waals surface area contributed by atoms with Crippen LogP contribution < -0.4 is 5.73 Å². The highest BCUT2D eigenvalue weighted by Crippen LogP contribution is 2.23. The van der Waals surface area contributed by atoms with E-state index in [0.29, 0.717) is 38.1 Å². The molecule has 0 saturated carbocycles. The van der Waals surface area contributed by atoms with E-state index in [-0.39, 0.29) is 5.91 Å². The summed E-state index contributed by atoms with van der Waals surface area (Å²) in [6, 6.07) is 1.43. The molecule has 3 saturated heterocycles. The van der Waals surface area contributed by atoms with Crippen LogP contribution in [-0.2, 0) is 9.53 Å². The zero-order valence-corrected chi connectivity index (χ0v) is 15.4. The minimum absolute atomic E-state index is 0.132. The molecule has 0 aromatic carbocycles. The van der Waals surface area contributed by atoms with Crippen LogP contribution in [0.4, 0.5) is 0 Å². The number of likely N-dealkylation sites (tertiary alicyclic amines) is 1. The fourth-order valence-electron chi connectivity index (χ4n) is 4.39. The van der Waals surface area contributed by atoms with E-state index in [2.05, 4.69) is 23.6 Å². The Morgan fingerprint density at radius 3 is 2.21 bits per heavy atom. The molecule has 3 rings (SSSR count). The summed E-state index contributed by atoms with van der Waals surface area (Å²) in [7, 11) is 0. The van der Waals surface area contributed by atoms with Gasteiger partial charge in [0.2, 0.25) is 5.91 Å². The highest BCUT2D eigenvalue weighted by atomic mass is 16.5. The average molecular weight is 338 g/mol. The summed E-state index contributed by atoms with van der Waals surface area (Å²) >= 11 is 0. The topological polar surface area (TPSA) is 62.0 Å². The fourth-order valence-corrected chi connectivity index (χ4v) is 4.39. The number of nitrogens with zero attached hydrogens (tertiary/aromatic N) is 3. The Morgan fingerprint density at radius 1 is 1.04 bits per heavy atom. The minimum Gasteiger partial charge on any atom is -0.381 e. The summed E-state index contributed by atoms with van der Waals surface area (Å²) < 4.78 is 5.35. The van der Waals surface area contributed by atoms with Gasteiger partial charge in [-0.1, -0.05) is 0 Å². The van der Waals surface area contributed by atoms with Gasteiger partial charge in [-0.15, -0.1) is 0 Å². The number of amides is 1. The van der Waals surface area contributed by atoms with Crippen molar-refractivity contribution in [2.45, 2.75) is 57.2 Å². The van der Waals surface area contributed by atoms with E-state index in [9.17, 15) is 4.79 Å². The zero-order chi connectivity index (χ0) is 17.2. The molecule has 0 aromatic heterocycles. The first-order valence-electron chi connectivity index (χ1n) is 9.64. The van der Waals surface area contributed by atoms with Gasteiger partial charge in [0.15, 0.2) is 0 Å². The second-order valence-electron chi connectivity index (χ2n) is 7.92. The van der Waals surface area contributed by atoms with E-state index in [4.69, 9.17) is 10.5 Å². The molecule has 0 bridgehead atoms. The number of ether oxygens (including phenoxy) is 1. The van der Waals surface area contributed by atoms with E-state index in [1.807, 2.05) is 4.90 Å². The maximum atomic E-state index is 12.8. The molecular weight excluding hydrogens is 304 g/mol. The summed E-state index contributed by atoms with van der Waals surface area (Å²) in [5, 5.41) is 0. The lowest BCUT2D eigenvalue weighted by atomic mass is 9.89.